The second-order valence-corrected chi connectivity index (χ2v) is 4.49. The molecule has 0 bridgehead atoms. The minimum absolute atomic E-state index is 0.181. The minimum atomic E-state index is -0.465. The first-order valence-corrected chi connectivity index (χ1v) is 5.08. The molecule has 88 valence electrons. The van der Waals surface area contributed by atoms with Gasteiger partial charge in [0.25, 0.3) is 0 Å². The molecular weight excluding hydrogens is 206 g/mol. The molecule has 5 heteroatoms. The summed E-state index contributed by atoms with van der Waals surface area (Å²) in [6, 6.07) is 0. The zero-order chi connectivity index (χ0) is 12.3. The van der Waals surface area contributed by atoms with Crippen molar-refractivity contribution >= 4 is 5.97 Å². The lowest BCUT2D eigenvalue weighted by Gasteiger charge is -2.19. The van der Waals surface area contributed by atoms with Crippen LogP contribution in [0.5, 0.6) is 0 Å². The van der Waals surface area contributed by atoms with E-state index in [9.17, 15) is 4.79 Å². The van der Waals surface area contributed by atoms with E-state index in [4.69, 9.17) is 4.74 Å². The van der Waals surface area contributed by atoms with Crippen LogP contribution in [0, 0.1) is 6.92 Å². The van der Waals surface area contributed by atoms with E-state index in [1.165, 1.54) is 6.08 Å². The summed E-state index contributed by atoms with van der Waals surface area (Å²) < 4.78 is 6.62. The van der Waals surface area contributed by atoms with Gasteiger partial charge in [-0.2, -0.15) is 0 Å². The summed E-state index contributed by atoms with van der Waals surface area (Å²) in [5, 5.41) is 7.80. The topological polar surface area (TPSA) is 57.0 Å². The Bertz CT molecular complexity index is 402. The Morgan fingerprint density at radius 1 is 1.56 bits per heavy atom. The maximum absolute atomic E-state index is 11.6. The van der Waals surface area contributed by atoms with Crippen molar-refractivity contribution in [3.8, 4) is 0 Å². The highest BCUT2D eigenvalue weighted by Gasteiger charge is 2.23. The van der Waals surface area contributed by atoms with Crippen molar-refractivity contribution < 1.29 is 9.53 Å². The zero-order valence-electron chi connectivity index (χ0n) is 10.1. The molecule has 0 aromatic carbocycles. The van der Waals surface area contributed by atoms with E-state index < -0.39 is 5.97 Å². The lowest BCUT2D eigenvalue weighted by molar-refractivity contribution is 0.0542. The first-order chi connectivity index (χ1) is 7.38. The summed E-state index contributed by atoms with van der Waals surface area (Å²) in [7, 11) is 0. The molecule has 0 unspecified atom stereocenters. The van der Waals surface area contributed by atoms with Crippen molar-refractivity contribution in [2.24, 2.45) is 0 Å². The number of carbonyl (C=O) groups excluding carboxylic acids is 1. The molecule has 0 N–H and O–H groups in total. The van der Waals surface area contributed by atoms with Gasteiger partial charge < -0.3 is 4.74 Å². The standard InChI is InChI=1S/C11H17N3O2/c1-6-7-16-10(15)9-8(2)14(13-12-9)11(3,4)5/h6H,1,7H2,2-5H3. The normalized spacial score (nSPS) is 11.2. The zero-order valence-corrected chi connectivity index (χ0v) is 10.1. The number of carbonyl (C=O) groups is 1. The predicted molar refractivity (Wildman–Crippen MR) is 60.2 cm³/mol. The van der Waals surface area contributed by atoms with Crippen LogP contribution in [0.3, 0.4) is 0 Å². The van der Waals surface area contributed by atoms with E-state index in [2.05, 4.69) is 16.9 Å². The van der Waals surface area contributed by atoms with Crippen LogP contribution in [0.2, 0.25) is 0 Å². The lowest BCUT2D eigenvalue weighted by Crippen LogP contribution is -2.24. The van der Waals surface area contributed by atoms with Crippen LogP contribution in [0.1, 0.15) is 37.0 Å². The highest BCUT2D eigenvalue weighted by atomic mass is 16.5. The van der Waals surface area contributed by atoms with Gasteiger partial charge in [0, 0.05) is 0 Å². The number of aromatic nitrogens is 3. The fraction of sp³-hybridized carbons (Fsp3) is 0.545. The maximum atomic E-state index is 11.6. The molecule has 0 aliphatic heterocycles. The Kier molecular flexibility index (Phi) is 3.47. The fourth-order valence-corrected chi connectivity index (χ4v) is 1.36. The van der Waals surface area contributed by atoms with Gasteiger partial charge in [-0.1, -0.05) is 17.9 Å². The van der Waals surface area contributed by atoms with Crippen LogP contribution in [-0.4, -0.2) is 27.6 Å². The third kappa shape index (κ3) is 2.48. The predicted octanol–water partition coefficient (Wildman–Crippen LogP) is 1.68. The molecule has 0 atom stereocenters. The van der Waals surface area contributed by atoms with E-state index in [1.54, 1.807) is 11.6 Å². The molecule has 1 heterocycles. The van der Waals surface area contributed by atoms with Crippen molar-refractivity contribution in [1.29, 1.82) is 0 Å². The molecule has 0 fully saturated rings. The maximum Gasteiger partial charge on any atom is 0.361 e. The lowest BCUT2D eigenvalue weighted by atomic mass is 10.1. The summed E-state index contributed by atoms with van der Waals surface area (Å²) in [6.45, 7) is 11.4. The Morgan fingerprint density at radius 2 is 2.19 bits per heavy atom. The summed E-state index contributed by atoms with van der Waals surface area (Å²) in [6.07, 6.45) is 1.52. The molecule has 0 aliphatic rings. The van der Waals surface area contributed by atoms with Crippen molar-refractivity contribution in [3.05, 3.63) is 24.0 Å². The third-order valence-corrected chi connectivity index (χ3v) is 2.06. The number of ether oxygens (including phenoxy) is 1. The van der Waals surface area contributed by atoms with Gasteiger partial charge in [0.1, 0.15) is 6.61 Å². The number of esters is 1. The van der Waals surface area contributed by atoms with Crippen LogP contribution < -0.4 is 0 Å². The summed E-state index contributed by atoms with van der Waals surface area (Å²) in [5.41, 5.74) is 0.770. The van der Waals surface area contributed by atoms with Gasteiger partial charge in [-0.05, 0) is 27.7 Å². The molecule has 1 rings (SSSR count). The Labute approximate surface area is 95.1 Å². The first kappa shape index (κ1) is 12.4. The average molecular weight is 223 g/mol. The van der Waals surface area contributed by atoms with Crippen molar-refractivity contribution in [2.75, 3.05) is 6.61 Å². The Balaban J connectivity index is 2.96. The van der Waals surface area contributed by atoms with Crippen LogP contribution in [0.4, 0.5) is 0 Å². The molecular formula is C11H17N3O2. The van der Waals surface area contributed by atoms with Gasteiger partial charge in [0.2, 0.25) is 0 Å². The fourth-order valence-electron chi connectivity index (χ4n) is 1.36. The number of rotatable bonds is 3. The van der Waals surface area contributed by atoms with Crippen molar-refractivity contribution in [1.82, 2.24) is 15.0 Å². The van der Waals surface area contributed by atoms with Gasteiger partial charge >= 0.3 is 5.97 Å². The molecule has 0 spiro atoms. The highest BCUT2D eigenvalue weighted by molar-refractivity contribution is 5.88. The monoisotopic (exact) mass is 223 g/mol. The first-order valence-electron chi connectivity index (χ1n) is 5.08. The molecule has 0 aliphatic carbocycles. The average Bonchev–Trinajstić information content (AvgIpc) is 2.56. The smallest absolute Gasteiger partial charge is 0.361 e. The van der Waals surface area contributed by atoms with E-state index >= 15 is 0 Å². The van der Waals surface area contributed by atoms with Crippen molar-refractivity contribution in [2.45, 2.75) is 33.2 Å². The van der Waals surface area contributed by atoms with E-state index in [1.807, 2.05) is 20.8 Å². The van der Waals surface area contributed by atoms with E-state index in [0.29, 0.717) is 5.69 Å². The molecule has 1 aromatic heterocycles. The molecule has 0 saturated heterocycles. The summed E-state index contributed by atoms with van der Waals surface area (Å²) in [4.78, 5) is 11.6. The quantitative estimate of drug-likeness (QED) is 0.578. The number of hydrogen-bond acceptors (Lipinski definition) is 4. The van der Waals surface area contributed by atoms with E-state index in [-0.39, 0.29) is 17.8 Å². The van der Waals surface area contributed by atoms with Crippen LogP contribution in [-0.2, 0) is 10.3 Å². The number of nitrogens with zero attached hydrogens (tertiary/aromatic N) is 3. The third-order valence-electron chi connectivity index (χ3n) is 2.06. The van der Waals surface area contributed by atoms with Crippen LogP contribution >= 0.6 is 0 Å². The van der Waals surface area contributed by atoms with Crippen LogP contribution in [0.25, 0.3) is 0 Å². The molecule has 0 radical (unpaired) electrons. The SMILES string of the molecule is C=CCOC(=O)c1nnn(C(C)(C)C)c1C. The van der Waals surface area contributed by atoms with Gasteiger partial charge in [-0.25, -0.2) is 9.48 Å². The van der Waals surface area contributed by atoms with Gasteiger partial charge in [-0.15, -0.1) is 5.10 Å². The molecule has 5 nitrogen and oxygen atoms in total. The molecule has 0 saturated carbocycles. The molecule has 0 amide bonds. The second kappa shape index (κ2) is 4.47. The number of hydrogen-bond donors (Lipinski definition) is 0. The van der Waals surface area contributed by atoms with Gasteiger partial charge in [0.05, 0.1) is 11.2 Å². The van der Waals surface area contributed by atoms with Crippen LogP contribution in [0.15, 0.2) is 12.7 Å². The molecule has 1 aromatic rings. The second-order valence-electron chi connectivity index (χ2n) is 4.49. The summed E-state index contributed by atoms with van der Waals surface area (Å²) >= 11 is 0. The van der Waals surface area contributed by atoms with Gasteiger partial charge in [0.15, 0.2) is 5.69 Å². The summed E-state index contributed by atoms with van der Waals surface area (Å²) in [5.74, 6) is -0.465. The Morgan fingerprint density at radius 3 is 2.62 bits per heavy atom. The largest absolute Gasteiger partial charge is 0.457 e. The van der Waals surface area contributed by atoms with Crippen molar-refractivity contribution in [3.63, 3.8) is 0 Å². The Hall–Kier alpha value is -1.65. The van der Waals surface area contributed by atoms with Gasteiger partial charge in [-0.3, -0.25) is 0 Å². The minimum Gasteiger partial charge on any atom is -0.457 e. The highest BCUT2D eigenvalue weighted by Crippen LogP contribution is 2.16. The van der Waals surface area contributed by atoms with E-state index in [0.717, 1.165) is 0 Å². The molecule has 16 heavy (non-hydrogen) atoms.